The Bertz CT molecular complexity index is 1060. The number of ether oxygens (including phenoxy) is 3. The molecular weight excluding hydrogens is 691 g/mol. The van der Waals surface area contributed by atoms with Gasteiger partial charge in [-0.3, -0.25) is 14.1 Å². The maximum absolute atomic E-state index is 12.5. The van der Waals surface area contributed by atoms with E-state index in [2.05, 4.69) is 30.5 Å². The zero-order chi connectivity index (χ0) is 38.5. The normalized spacial score (nSPS) is 20.9. The maximum Gasteiger partial charge on any atom is 0.469 e. The molecule has 1 unspecified atom stereocenters. The quantitative estimate of drug-likeness (QED) is 0.0203. The first-order valence-corrected chi connectivity index (χ1v) is 21.2. The predicted molar refractivity (Wildman–Crippen MR) is 201 cm³/mol. The Hall–Kier alpha value is -1.89. The summed E-state index contributed by atoms with van der Waals surface area (Å²) < 4.78 is 31.9. The number of allylic oxidation sites excluding steroid dienone is 4. The molecule has 0 spiro atoms. The molecule has 1 aliphatic heterocycles. The average molecular weight is 761 g/mol. The molecule has 13 heteroatoms. The number of carbonyl (C=O) groups excluding carboxylic acids is 2. The molecule has 302 valence electrons. The Morgan fingerprint density at radius 1 is 0.788 bits per heavy atom. The van der Waals surface area contributed by atoms with Crippen LogP contribution in [-0.4, -0.2) is 81.0 Å². The summed E-state index contributed by atoms with van der Waals surface area (Å²) in [6.45, 7) is 3.31. The number of phosphoric ester groups is 1. The number of aliphatic hydroxyl groups excluding tert-OH is 3. The third kappa shape index (κ3) is 26.8. The van der Waals surface area contributed by atoms with Gasteiger partial charge < -0.3 is 39.3 Å². The molecule has 0 radical (unpaired) electrons. The van der Waals surface area contributed by atoms with Crippen molar-refractivity contribution < 1.29 is 58.0 Å². The van der Waals surface area contributed by atoms with Crippen molar-refractivity contribution in [2.45, 2.75) is 179 Å². The first kappa shape index (κ1) is 48.1. The third-order valence-electron chi connectivity index (χ3n) is 8.93. The molecule has 0 amide bonds. The fourth-order valence-electron chi connectivity index (χ4n) is 5.88. The van der Waals surface area contributed by atoms with Gasteiger partial charge in [0.05, 0.1) is 24.9 Å². The number of rotatable bonds is 31. The smallest absolute Gasteiger partial charge is 0.462 e. The minimum absolute atomic E-state index is 0.0160. The van der Waals surface area contributed by atoms with Crippen LogP contribution in [0.15, 0.2) is 36.5 Å². The summed E-state index contributed by atoms with van der Waals surface area (Å²) in [5, 5.41) is 30.8. The van der Waals surface area contributed by atoms with Crippen LogP contribution in [0.3, 0.4) is 0 Å². The van der Waals surface area contributed by atoms with Crippen LogP contribution in [0, 0.1) is 5.92 Å². The van der Waals surface area contributed by atoms with Gasteiger partial charge in [0.2, 0.25) is 0 Å². The summed E-state index contributed by atoms with van der Waals surface area (Å²) in [6, 6.07) is 0. The van der Waals surface area contributed by atoms with Crippen LogP contribution < -0.4 is 0 Å². The summed E-state index contributed by atoms with van der Waals surface area (Å²) in [7, 11) is -4.83. The molecule has 0 aromatic carbocycles. The highest BCUT2D eigenvalue weighted by Crippen LogP contribution is 2.36. The molecule has 52 heavy (non-hydrogen) atoms. The van der Waals surface area contributed by atoms with Crippen molar-refractivity contribution in [3.8, 4) is 0 Å². The number of esters is 2. The Morgan fingerprint density at radius 3 is 2.08 bits per heavy atom. The van der Waals surface area contributed by atoms with Crippen molar-refractivity contribution in [1.29, 1.82) is 0 Å². The van der Waals surface area contributed by atoms with Crippen molar-refractivity contribution >= 4 is 19.8 Å². The van der Waals surface area contributed by atoms with Gasteiger partial charge >= 0.3 is 19.8 Å². The van der Waals surface area contributed by atoms with Crippen LogP contribution in [0.5, 0.6) is 0 Å². The molecule has 0 bridgehead atoms. The van der Waals surface area contributed by atoms with E-state index in [4.69, 9.17) is 24.0 Å². The fraction of sp³-hybridized carbons (Fsp3) is 0.795. The topological polar surface area (TPSA) is 189 Å². The molecule has 1 saturated heterocycles. The lowest BCUT2D eigenvalue weighted by Gasteiger charge is -2.36. The standard InChI is InChI=1S/C39H69O12P/c1-3-5-7-8-9-10-11-12-13-14-15-16-21-25-37(42)48-30-33(31-49-52(45,46)47)50-38(43)26-22-18-17-20-24-34-35(41)29-39(44)51-36(34)28-27-32(40)23-19-6-4-2/h10-11,17,20,27-28,32-36,39-41,44H,3-9,12-16,18-19,21-26,29-31H2,1-2H3,(H2,45,46,47)/b11-10-,20-17-,28-27+/t32-,33+,34-,35-,36+,39?/m0/s1. The van der Waals surface area contributed by atoms with E-state index < -0.39 is 57.1 Å². The Morgan fingerprint density at radius 2 is 1.38 bits per heavy atom. The number of aliphatic hydroxyl groups is 3. The molecule has 6 atom stereocenters. The molecular formula is C39H69O12P. The molecule has 0 aliphatic carbocycles. The largest absolute Gasteiger partial charge is 0.469 e. The molecule has 0 aromatic rings. The summed E-state index contributed by atoms with van der Waals surface area (Å²) in [5.41, 5.74) is 0. The molecule has 1 heterocycles. The number of phosphoric acid groups is 1. The van der Waals surface area contributed by atoms with Crippen molar-refractivity contribution in [2.75, 3.05) is 13.2 Å². The summed E-state index contributed by atoms with van der Waals surface area (Å²) in [5.74, 6) is -1.41. The van der Waals surface area contributed by atoms with Gasteiger partial charge in [0.1, 0.15) is 6.61 Å². The predicted octanol–water partition coefficient (Wildman–Crippen LogP) is 7.51. The van der Waals surface area contributed by atoms with Gasteiger partial charge in [0.25, 0.3) is 0 Å². The van der Waals surface area contributed by atoms with Gasteiger partial charge in [-0.25, -0.2) is 4.57 Å². The van der Waals surface area contributed by atoms with E-state index in [0.717, 1.165) is 57.8 Å². The van der Waals surface area contributed by atoms with Crippen LogP contribution in [-0.2, 0) is 32.9 Å². The number of unbranched alkanes of at least 4 members (excludes halogenated alkanes) is 12. The average Bonchev–Trinajstić information content (AvgIpc) is 3.09. The number of hydrogen-bond donors (Lipinski definition) is 5. The molecule has 0 saturated carbocycles. The number of carbonyl (C=O) groups is 2. The van der Waals surface area contributed by atoms with E-state index in [9.17, 15) is 29.5 Å². The third-order valence-corrected chi connectivity index (χ3v) is 9.41. The van der Waals surface area contributed by atoms with Gasteiger partial charge in [-0.2, -0.15) is 0 Å². The molecule has 1 fully saturated rings. The van der Waals surface area contributed by atoms with Gasteiger partial charge in [0, 0.05) is 25.2 Å². The second-order valence-corrected chi connectivity index (χ2v) is 15.0. The lowest BCUT2D eigenvalue weighted by molar-refractivity contribution is -0.199. The maximum atomic E-state index is 12.5. The molecule has 0 aromatic heterocycles. The van der Waals surface area contributed by atoms with Crippen LogP contribution in [0.4, 0.5) is 0 Å². The summed E-state index contributed by atoms with van der Waals surface area (Å²) in [6.07, 6.45) is 24.9. The fourth-order valence-corrected chi connectivity index (χ4v) is 6.24. The van der Waals surface area contributed by atoms with E-state index in [1.165, 1.54) is 25.7 Å². The second kappa shape index (κ2) is 30.4. The molecule has 12 nitrogen and oxygen atoms in total. The van der Waals surface area contributed by atoms with E-state index in [1.54, 1.807) is 12.2 Å². The van der Waals surface area contributed by atoms with Gasteiger partial charge in [-0.1, -0.05) is 108 Å². The van der Waals surface area contributed by atoms with E-state index in [-0.39, 0.29) is 31.8 Å². The Kier molecular flexibility index (Phi) is 28.2. The number of hydrogen-bond acceptors (Lipinski definition) is 10. The summed E-state index contributed by atoms with van der Waals surface area (Å²) >= 11 is 0. The summed E-state index contributed by atoms with van der Waals surface area (Å²) in [4.78, 5) is 43.0. The highest BCUT2D eigenvalue weighted by atomic mass is 31.2. The van der Waals surface area contributed by atoms with Crippen molar-refractivity contribution in [3.05, 3.63) is 36.5 Å². The van der Waals surface area contributed by atoms with E-state index >= 15 is 0 Å². The molecule has 1 aliphatic rings. The van der Waals surface area contributed by atoms with Crippen molar-refractivity contribution in [3.63, 3.8) is 0 Å². The minimum Gasteiger partial charge on any atom is -0.462 e. The van der Waals surface area contributed by atoms with Crippen LogP contribution in [0.2, 0.25) is 0 Å². The minimum atomic E-state index is -4.83. The second-order valence-electron chi connectivity index (χ2n) is 13.8. The lowest BCUT2D eigenvalue weighted by Crippen LogP contribution is -2.43. The zero-order valence-electron chi connectivity index (χ0n) is 31.7. The molecule has 1 rings (SSSR count). The van der Waals surface area contributed by atoms with Crippen molar-refractivity contribution in [1.82, 2.24) is 0 Å². The Labute approximate surface area is 312 Å². The van der Waals surface area contributed by atoms with Crippen LogP contribution >= 0.6 is 7.82 Å². The first-order valence-electron chi connectivity index (χ1n) is 19.7. The lowest BCUT2D eigenvalue weighted by atomic mass is 9.87. The van der Waals surface area contributed by atoms with Gasteiger partial charge in [0.15, 0.2) is 12.4 Å². The Balaban J connectivity index is 2.39. The highest BCUT2D eigenvalue weighted by Gasteiger charge is 2.35. The highest BCUT2D eigenvalue weighted by molar-refractivity contribution is 7.46. The molecule has 5 N–H and O–H groups in total. The van der Waals surface area contributed by atoms with Crippen molar-refractivity contribution in [2.24, 2.45) is 5.92 Å². The van der Waals surface area contributed by atoms with E-state index in [1.807, 2.05) is 12.2 Å². The SMILES string of the molecule is CCCCCC/C=C\CCCCCCCC(=O)OC[C@H](COP(=O)(O)O)OC(=O)CCC/C=C\C[C@H]1[C@@H](O)CC(O)O[C@@H]1/C=C/[C@@H](O)CCCCC. The zero-order valence-corrected chi connectivity index (χ0v) is 32.6. The van der Waals surface area contributed by atoms with Gasteiger partial charge in [-0.15, -0.1) is 0 Å². The first-order chi connectivity index (χ1) is 24.9. The monoisotopic (exact) mass is 760 g/mol. The van der Waals surface area contributed by atoms with E-state index in [0.29, 0.717) is 32.1 Å². The van der Waals surface area contributed by atoms with Crippen LogP contribution in [0.1, 0.15) is 149 Å². The van der Waals surface area contributed by atoms with Crippen LogP contribution in [0.25, 0.3) is 0 Å². The van der Waals surface area contributed by atoms with Gasteiger partial charge in [-0.05, 0) is 57.8 Å².